The van der Waals surface area contributed by atoms with Crippen molar-refractivity contribution < 1.29 is 23.4 Å². The van der Waals surface area contributed by atoms with Gasteiger partial charge in [-0.3, -0.25) is 0 Å². The Kier molecular flexibility index (Phi) is 7.92. The molecule has 3 N–H and O–H groups in total. The maximum absolute atomic E-state index is 12.9. The van der Waals surface area contributed by atoms with Gasteiger partial charge in [0.1, 0.15) is 0 Å². The third-order valence-electron chi connectivity index (χ3n) is 5.41. The first-order valence-electron chi connectivity index (χ1n) is 10.4. The van der Waals surface area contributed by atoms with Crippen LogP contribution in [0, 0.1) is 6.92 Å². The fourth-order valence-corrected chi connectivity index (χ4v) is 5.10. The molecule has 0 fully saturated rings. The summed E-state index contributed by atoms with van der Waals surface area (Å²) in [6.45, 7) is 3.92. The number of rotatable bonds is 9. The molecule has 0 bridgehead atoms. The summed E-state index contributed by atoms with van der Waals surface area (Å²) in [4.78, 5) is 11.4. The lowest BCUT2D eigenvalue weighted by atomic mass is 10.1. The Morgan fingerprint density at radius 3 is 2.30 bits per heavy atom. The minimum absolute atomic E-state index is 0.0486. The molecule has 0 aromatic heterocycles. The lowest BCUT2D eigenvalue weighted by molar-refractivity contribution is 0.0696. The minimum atomic E-state index is -3.76. The van der Waals surface area contributed by atoms with Crippen molar-refractivity contribution in [2.24, 2.45) is 0 Å². The average molecular weight is 488 g/mol. The standard InChI is InChI=1S/C25H26ClNO5S/c1-16-12-22(10-11-23(16)25(29)30)33(31,32)21-8-6-18(7-9-21)13-17(2)27-15-24(28)19-4-3-5-20(26)14-19/h3-12,14,17,24,27-28H,13,15H2,1-2H3,(H,29,30)/t17-,24-/m1/s1. The highest BCUT2D eigenvalue weighted by molar-refractivity contribution is 7.91. The maximum Gasteiger partial charge on any atom is 0.335 e. The lowest BCUT2D eigenvalue weighted by Crippen LogP contribution is -2.32. The molecule has 0 aliphatic rings. The van der Waals surface area contributed by atoms with E-state index >= 15 is 0 Å². The summed E-state index contributed by atoms with van der Waals surface area (Å²) in [5.41, 5.74) is 2.15. The van der Waals surface area contributed by atoms with E-state index in [1.165, 1.54) is 18.2 Å². The molecule has 0 unspecified atom stereocenters. The van der Waals surface area contributed by atoms with Crippen molar-refractivity contribution in [2.45, 2.75) is 42.2 Å². The molecular weight excluding hydrogens is 462 g/mol. The number of hydrogen-bond acceptors (Lipinski definition) is 5. The number of sulfone groups is 1. The molecular formula is C25H26ClNO5S. The predicted molar refractivity (Wildman–Crippen MR) is 128 cm³/mol. The van der Waals surface area contributed by atoms with Gasteiger partial charge < -0.3 is 15.5 Å². The SMILES string of the molecule is Cc1cc(S(=O)(=O)c2ccc(C[C@@H](C)NC[C@@H](O)c3cccc(Cl)c3)cc2)ccc1C(=O)O. The van der Waals surface area contributed by atoms with Crippen LogP contribution in [0.15, 0.2) is 76.5 Å². The number of nitrogens with one attached hydrogen (secondary N) is 1. The zero-order valence-electron chi connectivity index (χ0n) is 18.3. The van der Waals surface area contributed by atoms with Crippen LogP contribution in [0.5, 0.6) is 0 Å². The molecule has 0 spiro atoms. The van der Waals surface area contributed by atoms with Gasteiger partial charge >= 0.3 is 5.97 Å². The third-order valence-corrected chi connectivity index (χ3v) is 7.41. The van der Waals surface area contributed by atoms with Crippen molar-refractivity contribution in [3.05, 3.63) is 94.0 Å². The number of carboxylic acid groups (broad SMARTS) is 1. The number of halogens is 1. The van der Waals surface area contributed by atoms with Crippen LogP contribution in [0.3, 0.4) is 0 Å². The summed E-state index contributed by atoms with van der Waals surface area (Å²) in [6.07, 6.45) is -0.0377. The number of aliphatic hydroxyl groups excluding tert-OH is 1. The number of aliphatic hydroxyl groups is 1. The van der Waals surface area contributed by atoms with Gasteiger partial charge in [0.25, 0.3) is 0 Å². The lowest BCUT2D eigenvalue weighted by Gasteiger charge is -2.18. The molecule has 3 rings (SSSR count). The molecule has 3 aromatic rings. The van der Waals surface area contributed by atoms with Crippen LogP contribution < -0.4 is 5.32 Å². The minimum Gasteiger partial charge on any atom is -0.478 e. The normalized spacial score (nSPS) is 13.5. The second-order valence-electron chi connectivity index (χ2n) is 8.01. The molecule has 0 saturated carbocycles. The second kappa shape index (κ2) is 10.5. The maximum atomic E-state index is 12.9. The van der Waals surface area contributed by atoms with Crippen molar-refractivity contribution in [3.8, 4) is 0 Å². The van der Waals surface area contributed by atoms with Crippen LogP contribution in [-0.2, 0) is 16.3 Å². The quantitative estimate of drug-likeness (QED) is 0.412. The molecule has 3 aromatic carbocycles. The van der Waals surface area contributed by atoms with Gasteiger partial charge in [-0.05, 0) is 79.4 Å². The molecule has 0 radical (unpaired) electrons. The highest BCUT2D eigenvalue weighted by Crippen LogP contribution is 2.24. The van der Waals surface area contributed by atoms with Crippen LogP contribution in [0.4, 0.5) is 0 Å². The van der Waals surface area contributed by atoms with Crippen LogP contribution in [0.2, 0.25) is 5.02 Å². The Bertz CT molecular complexity index is 1240. The summed E-state index contributed by atoms with van der Waals surface area (Å²) in [5, 5.41) is 23.3. The van der Waals surface area contributed by atoms with Crippen molar-refractivity contribution >= 4 is 27.4 Å². The predicted octanol–water partition coefficient (Wildman–Crippen LogP) is 4.43. The van der Waals surface area contributed by atoms with Crippen LogP contribution in [0.25, 0.3) is 0 Å². The smallest absolute Gasteiger partial charge is 0.335 e. The van der Waals surface area contributed by atoms with E-state index in [0.29, 0.717) is 23.6 Å². The van der Waals surface area contributed by atoms with Crippen molar-refractivity contribution in [2.75, 3.05) is 6.54 Å². The molecule has 0 heterocycles. The van der Waals surface area contributed by atoms with Crippen LogP contribution in [-0.4, -0.2) is 37.2 Å². The van der Waals surface area contributed by atoms with E-state index in [1.807, 2.05) is 13.0 Å². The molecule has 0 amide bonds. The second-order valence-corrected chi connectivity index (χ2v) is 10.4. The largest absolute Gasteiger partial charge is 0.478 e. The number of aromatic carboxylic acids is 1. The number of aryl methyl sites for hydroxylation is 1. The Balaban J connectivity index is 1.63. The molecule has 2 atom stereocenters. The van der Waals surface area contributed by atoms with Gasteiger partial charge in [0, 0.05) is 17.6 Å². The zero-order valence-corrected chi connectivity index (χ0v) is 19.9. The highest BCUT2D eigenvalue weighted by atomic mass is 35.5. The van der Waals surface area contributed by atoms with E-state index in [-0.39, 0.29) is 21.4 Å². The molecule has 174 valence electrons. The first-order valence-corrected chi connectivity index (χ1v) is 12.3. The third kappa shape index (κ3) is 6.21. The summed E-state index contributed by atoms with van der Waals surface area (Å²) in [5.74, 6) is -1.09. The zero-order chi connectivity index (χ0) is 24.2. The first kappa shape index (κ1) is 24.9. The van der Waals surface area contributed by atoms with Crippen molar-refractivity contribution in [3.63, 3.8) is 0 Å². The molecule has 33 heavy (non-hydrogen) atoms. The summed E-state index contributed by atoms with van der Waals surface area (Å²) < 4.78 is 25.9. The van der Waals surface area contributed by atoms with Gasteiger partial charge in [-0.1, -0.05) is 35.9 Å². The Hall–Kier alpha value is -2.71. The summed E-state index contributed by atoms with van der Waals surface area (Å²) in [6, 6.07) is 17.8. The van der Waals surface area contributed by atoms with E-state index in [1.54, 1.807) is 49.4 Å². The average Bonchev–Trinajstić information content (AvgIpc) is 2.77. The van der Waals surface area contributed by atoms with Crippen molar-refractivity contribution in [1.82, 2.24) is 5.32 Å². The highest BCUT2D eigenvalue weighted by Gasteiger charge is 2.20. The van der Waals surface area contributed by atoms with Gasteiger partial charge in [-0.25, -0.2) is 13.2 Å². The van der Waals surface area contributed by atoms with Gasteiger partial charge in [-0.15, -0.1) is 0 Å². The molecule has 8 heteroatoms. The van der Waals surface area contributed by atoms with E-state index < -0.39 is 21.9 Å². The molecule has 0 saturated heterocycles. The monoisotopic (exact) mass is 487 g/mol. The fraction of sp³-hybridized carbons (Fsp3) is 0.240. The molecule has 0 aliphatic carbocycles. The van der Waals surface area contributed by atoms with Crippen molar-refractivity contribution in [1.29, 1.82) is 0 Å². The van der Waals surface area contributed by atoms with E-state index in [2.05, 4.69) is 5.32 Å². The topological polar surface area (TPSA) is 104 Å². The van der Waals surface area contributed by atoms with Gasteiger partial charge in [0.2, 0.25) is 9.84 Å². The molecule has 6 nitrogen and oxygen atoms in total. The number of carbonyl (C=O) groups is 1. The van der Waals surface area contributed by atoms with E-state index in [4.69, 9.17) is 16.7 Å². The van der Waals surface area contributed by atoms with Gasteiger partial charge in [0.15, 0.2) is 0 Å². The first-order chi connectivity index (χ1) is 15.6. The van der Waals surface area contributed by atoms with Crippen LogP contribution >= 0.6 is 11.6 Å². The number of hydrogen-bond donors (Lipinski definition) is 3. The Labute approximate surface area is 198 Å². The van der Waals surface area contributed by atoms with Gasteiger partial charge in [-0.2, -0.15) is 0 Å². The Morgan fingerprint density at radius 2 is 1.70 bits per heavy atom. The Morgan fingerprint density at radius 1 is 1.03 bits per heavy atom. The van der Waals surface area contributed by atoms with Crippen LogP contribution in [0.1, 0.15) is 40.1 Å². The summed E-state index contributed by atoms with van der Waals surface area (Å²) >= 11 is 5.97. The van der Waals surface area contributed by atoms with E-state index in [9.17, 15) is 18.3 Å². The fourth-order valence-electron chi connectivity index (χ4n) is 3.55. The number of benzene rings is 3. The molecule has 0 aliphatic heterocycles. The number of carboxylic acids is 1. The van der Waals surface area contributed by atoms with E-state index in [0.717, 1.165) is 11.1 Å². The summed E-state index contributed by atoms with van der Waals surface area (Å²) in [7, 11) is -3.76. The van der Waals surface area contributed by atoms with Gasteiger partial charge in [0.05, 0.1) is 21.5 Å².